The van der Waals surface area contributed by atoms with Gasteiger partial charge in [0.1, 0.15) is 5.75 Å². The van der Waals surface area contributed by atoms with Crippen LogP contribution in [0.3, 0.4) is 0 Å². The Balaban J connectivity index is 3.24. The van der Waals surface area contributed by atoms with E-state index in [0.29, 0.717) is 42.8 Å². The molecule has 4 N–H and O–H groups in total. The van der Waals surface area contributed by atoms with Crippen molar-refractivity contribution in [3.8, 4) is 5.75 Å². The maximum atomic E-state index is 6.79. The maximum Gasteiger partial charge on any atom is 0.123 e. The van der Waals surface area contributed by atoms with Crippen LogP contribution in [0.25, 0.3) is 0 Å². The van der Waals surface area contributed by atoms with Crippen LogP contribution in [0.4, 0.5) is 11.4 Å². The van der Waals surface area contributed by atoms with Crippen molar-refractivity contribution in [1.82, 2.24) is 0 Å². The van der Waals surface area contributed by atoms with Gasteiger partial charge in [-0.3, -0.25) is 0 Å². The summed E-state index contributed by atoms with van der Waals surface area (Å²) >= 11 is 0. The summed E-state index contributed by atoms with van der Waals surface area (Å²) < 4.78 is 6.39. The molecule has 1 fully saturated rings. The molecule has 57 heavy (non-hydrogen) atoms. The molecular formula is C12H17B42N2O. The highest BCUT2D eigenvalue weighted by atomic mass is 16.5. The molecular weight excluding hydrogens is 642 g/mol. The van der Waals surface area contributed by atoms with Gasteiger partial charge in [0.25, 0.3) is 0 Å². The monoisotopic (exact) mass is 668 g/mol. The SMILES string of the molecule is [B][B]B(B([B])[B])B(B([B])[B])B(B(B(B([B])[B])B([B])[B])B(B([B])[B])B([B])[B])B(B(B(B([B])[B])B([B])[B])B(B([B])[B])B([B])[B])C1CCC(Oc2cc(N)cc(N)c2)CC1. The van der Waals surface area contributed by atoms with Gasteiger partial charge in [-0.05, 0) is 18.9 Å². The Bertz CT molecular complexity index is 1200. The molecule has 207 valence electrons. The summed E-state index contributed by atoms with van der Waals surface area (Å²) in [5.41, 5.74) is 13.0. The van der Waals surface area contributed by atoms with Crippen LogP contribution >= 0.6 is 0 Å². The van der Waals surface area contributed by atoms with Gasteiger partial charge in [-0.2, -0.15) is 0 Å². The second-order valence-corrected chi connectivity index (χ2v) is 16.2. The van der Waals surface area contributed by atoms with Crippen molar-refractivity contribution in [2.24, 2.45) is 0 Å². The van der Waals surface area contributed by atoms with Crippen molar-refractivity contribution >= 4 is 309 Å². The van der Waals surface area contributed by atoms with Gasteiger partial charge in [-0.25, -0.2) is 0 Å². The average molecular weight is 659 g/mol. The van der Waals surface area contributed by atoms with Crippen LogP contribution in [0.5, 0.6) is 5.75 Å². The topological polar surface area (TPSA) is 61.3 Å². The molecule has 0 bridgehead atoms. The van der Waals surface area contributed by atoms with Gasteiger partial charge in [0, 0.05) is 321 Å². The standard InChI is InChI=1S/C12H17B42N2O/c13-34-46(36(14)15)53(45(32)33)48(54(51(41(24)25)42(26)27)52(43(28)29)44(30)31)35(47(49(37(16)17)38(18)19)50(39(20)21)40(22)23)8-1-3-11(4-2-8)57-12-6-9(55)5-10(56)7-12/h5-8,11H,1-4,55-56H2. The minimum Gasteiger partial charge on any atom is -0.490 e. The summed E-state index contributed by atoms with van der Waals surface area (Å²) in [7, 11) is 139. The minimum atomic E-state index is -1.23. The van der Waals surface area contributed by atoms with E-state index in [0.717, 1.165) is 0 Å². The molecule has 0 saturated heterocycles. The molecule has 0 unspecified atom stereocenters. The quantitative estimate of drug-likeness (QED) is 0.0908. The van der Waals surface area contributed by atoms with Crippen LogP contribution in [0.2, 0.25) is 5.82 Å². The van der Waals surface area contributed by atoms with Crippen LogP contribution in [-0.4, -0.2) is 303 Å². The zero-order valence-corrected chi connectivity index (χ0v) is 33.0. The first-order chi connectivity index (χ1) is 26.4. The summed E-state index contributed by atoms with van der Waals surface area (Å²) in [4.78, 5) is 0. The van der Waals surface area contributed by atoms with Gasteiger partial charge in [0.15, 0.2) is 0 Å². The lowest BCUT2D eigenvalue weighted by molar-refractivity contribution is 0.155. The van der Waals surface area contributed by atoms with Gasteiger partial charge < -0.3 is 16.2 Å². The number of rotatable bonds is 23. The average Bonchev–Trinajstić information content (AvgIpc) is 3.04. The molecule has 0 aromatic heterocycles. The first-order valence-electron chi connectivity index (χ1n) is 19.4. The van der Waals surface area contributed by atoms with Gasteiger partial charge in [-0.15, -0.1) is 0 Å². The molecule has 1 saturated carbocycles. The van der Waals surface area contributed by atoms with E-state index < -0.39 is 128 Å². The van der Waals surface area contributed by atoms with Crippen molar-refractivity contribution in [3.63, 3.8) is 0 Å². The number of benzene rings is 1. The third kappa shape index (κ3) is 14.7. The fourth-order valence-corrected chi connectivity index (χ4v) is 10.1. The molecule has 1 aromatic carbocycles. The zero-order chi connectivity index (χ0) is 43.8. The van der Waals surface area contributed by atoms with Crippen LogP contribution in [0.15, 0.2) is 18.2 Å². The van der Waals surface area contributed by atoms with Crippen molar-refractivity contribution in [1.29, 1.82) is 0 Å². The summed E-state index contributed by atoms with van der Waals surface area (Å²) in [6, 6.07) is 5.02. The summed E-state index contributed by atoms with van der Waals surface area (Å²) in [6.07, 6.45) is -19.1. The second kappa shape index (κ2) is 25.0. The fraction of sp³-hybridized carbons (Fsp3) is 0.500. The van der Waals surface area contributed by atoms with Crippen molar-refractivity contribution in [3.05, 3.63) is 18.2 Å². The molecule has 1 aliphatic rings. The molecule has 1 aromatic rings. The Hall–Kier alpha value is 1.35. The van der Waals surface area contributed by atoms with Crippen LogP contribution < -0.4 is 16.2 Å². The Morgan fingerprint density at radius 1 is 0.421 bits per heavy atom. The third-order valence-electron chi connectivity index (χ3n) is 12.2. The predicted molar refractivity (Wildman–Crippen MR) is 304 cm³/mol. The first kappa shape index (κ1) is 54.5. The number of nitrogen functional groups attached to an aromatic ring is 2. The van der Waals surface area contributed by atoms with Gasteiger partial charge in [-0.1, -0.05) is 18.7 Å². The molecule has 3 nitrogen and oxygen atoms in total. The largest absolute Gasteiger partial charge is 0.490 e. The highest BCUT2D eigenvalue weighted by molar-refractivity contribution is 8.29. The molecule has 0 aliphatic heterocycles. The van der Waals surface area contributed by atoms with E-state index in [-0.39, 0.29) is 11.9 Å². The molecule has 0 amide bonds. The smallest absolute Gasteiger partial charge is 0.123 e. The highest BCUT2D eigenvalue weighted by Crippen LogP contribution is 2.38. The molecule has 43 radical (unpaired) electrons. The Labute approximate surface area is 383 Å². The van der Waals surface area contributed by atoms with E-state index in [1.54, 1.807) is 18.2 Å². The summed E-state index contributed by atoms with van der Waals surface area (Å²) in [6.45, 7) is -0.789. The Morgan fingerprint density at radius 2 is 0.737 bits per heavy atom. The second-order valence-electron chi connectivity index (χ2n) is 16.2. The zero-order valence-electron chi connectivity index (χ0n) is 33.0. The lowest BCUT2D eigenvalue weighted by Crippen LogP contribution is -2.91. The maximum absolute atomic E-state index is 6.79. The number of nitrogens with two attached hydrogens (primary N) is 2. The van der Waals surface area contributed by atoms with Gasteiger partial charge >= 0.3 is 0 Å². The van der Waals surface area contributed by atoms with Crippen molar-refractivity contribution in [2.45, 2.75) is 37.6 Å². The van der Waals surface area contributed by atoms with Gasteiger partial charge in [0.05, 0.1) is 6.10 Å². The van der Waals surface area contributed by atoms with E-state index in [4.69, 9.17) is 179 Å². The van der Waals surface area contributed by atoms with E-state index in [2.05, 4.69) is 0 Å². The minimum absolute atomic E-state index is 0.273. The molecule has 45 heteroatoms. The van der Waals surface area contributed by atoms with E-state index in [1.165, 1.54) is 7.06 Å². The summed E-state index contributed by atoms with van der Waals surface area (Å²) in [5.74, 6) is 0.157. The molecule has 0 heterocycles. The number of ether oxygens (including phenoxy) is 1. The van der Waals surface area contributed by atoms with E-state index in [1.807, 2.05) is 0 Å². The van der Waals surface area contributed by atoms with Gasteiger partial charge in [0.2, 0.25) is 0 Å². The first-order valence-corrected chi connectivity index (χ1v) is 19.4. The third-order valence-corrected chi connectivity index (χ3v) is 12.2. The highest BCUT2D eigenvalue weighted by Gasteiger charge is 2.59. The summed E-state index contributed by atoms with van der Waals surface area (Å²) in [5, 5.41) is 0. The predicted octanol–water partition coefficient (Wildman–Crippen LogP) is -13.5. The van der Waals surface area contributed by atoms with Crippen molar-refractivity contribution < 1.29 is 4.74 Å². The molecule has 0 spiro atoms. The normalized spacial score (nSPS) is 14.2. The van der Waals surface area contributed by atoms with Crippen LogP contribution in [0, 0.1) is 0 Å². The van der Waals surface area contributed by atoms with Crippen molar-refractivity contribution in [2.75, 3.05) is 11.5 Å². The Kier molecular flexibility index (Phi) is 23.9. The van der Waals surface area contributed by atoms with Crippen LogP contribution in [-0.2, 0) is 0 Å². The lowest BCUT2D eigenvalue weighted by Gasteiger charge is -2.56. The molecule has 0 atom stereocenters. The van der Waals surface area contributed by atoms with E-state index >= 15 is 0 Å². The van der Waals surface area contributed by atoms with E-state index in [9.17, 15) is 0 Å². The number of hydrogen-bond donors (Lipinski definition) is 2. The lowest BCUT2D eigenvalue weighted by atomic mass is 8.29. The number of anilines is 2. The fourth-order valence-electron chi connectivity index (χ4n) is 10.1. The molecule has 1 aliphatic carbocycles. The number of hydrogen-bond acceptors (Lipinski definition) is 3. The Morgan fingerprint density at radius 3 is 1.04 bits per heavy atom. The van der Waals surface area contributed by atoms with Crippen LogP contribution in [0.1, 0.15) is 25.7 Å². The molecule has 2 rings (SSSR count).